The molecule has 3 nitrogen and oxygen atoms in total. The van der Waals surface area contributed by atoms with Gasteiger partial charge in [-0.05, 0) is 66.6 Å². The number of anilines is 1. The Labute approximate surface area is 148 Å². The van der Waals surface area contributed by atoms with Crippen LogP contribution < -0.4 is 4.90 Å². The molecule has 1 heterocycles. The van der Waals surface area contributed by atoms with E-state index in [1.165, 1.54) is 48.1 Å². The third-order valence-electron chi connectivity index (χ3n) is 6.47. The zero-order chi connectivity index (χ0) is 17.8. The van der Waals surface area contributed by atoms with Crippen LogP contribution in [-0.4, -0.2) is 32.8 Å². The van der Waals surface area contributed by atoms with Crippen molar-refractivity contribution in [3.63, 3.8) is 0 Å². The minimum Gasteiger partial charge on any atom is -0.412 e. The van der Waals surface area contributed by atoms with Crippen molar-refractivity contribution >= 4 is 14.0 Å². The molecule has 0 bridgehead atoms. The van der Waals surface area contributed by atoms with Gasteiger partial charge in [0, 0.05) is 19.2 Å². The van der Waals surface area contributed by atoms with Gasteiger partial charge in [-0.3, -0.25) is 0 Å². The summed E-state index contributed by atoms with van der Waals surface area (Å²) in [6.45, 7) is 11.6. The van der Waals surface area contributed by atoms with Crippen molar-refractivity contribution in [3.05, 3.63) is 28.8 Å². The first-order valence-corrected chi connectivity index (χ1v) is 12.2. The van der Waals surface area contributed by atoms with E-state index in [0.29, 0.717) is 13.0 Å². The van der Waals surface area contributed by atoms with Crippen LogP contribution in [0, 0.1) is 0 Å². The van der Waals surface area contributed by atoms with Gasteiger partial charge in [-0.2, -0.15) is 0 Å². The predicted molar refractivity (Wildman–Crippen MR) is 103 cm³/mol. The first kappa shape index (κ1) is 18.0. The Morgan fingerprint density at radius 2 is 1.71 bits per heavy atom. The maximum Gasteiger partial charge on any atom is 0.192 e. The maximum absolute atomic E-state index is 11.3. The zero-order valence-corrected chi connectivity index (χ0v) is 17.2. The van der Waals surface area contributed by atoms with Gasteiger partial charge in [0.05, 0.1) is 6.61 Å². The van der Waals surface area contributed by atoms with Crippen molar-refractivity contribution < 1.29 is 9.53 Å². The fraction of sp³-hybridized carbons (Fsp3) is 0.700. The van der Waals surface area contributed by atoms with E-state index in [1.54, 1.807) is 0 Å². The number of fused-ring (bicyclic) bond motifs is 2. The third-order valence-corrected chi connectivity index (χ3v) is 11.0. The minimum absolute atomic E-state index is 0.159. The fourth-order valence-electron chi connectivity index (χ4n) is 3.59. The lowest BCUT2D eigenvalue weighted by atomic mass is 9.89. The Hall–Kier alpha value is -0.843. The van der Waals surface area contributed by atoms with Crippen molar-refractivity contribution in [2.75, 3.05) is 18.6 Å². The van der Waals surface area contributed by atoms with E-state index in [0.717, 1.165) is 0 Å². The summed E-state index contributed by atoms with van der Waals surface area (Å²) in [6.07, 6.45) is 5.61. The average molecular weight is 348 g/mol. The van der Waals surface area contributed by atoms with Crippen LogP contribution >= 0.6 is 0 Å². The first-order valence-electron chi connectivity index (χ1n) is 9.28. The lowest BCUT2D eigenvalue weighted by molar-refractivity contribution is -0.000667. The van der Waals surface area contributed by atoms with Gasteiger partial charge in [0.25, 0.3) is 0 Å². The molecule has 3 rings (SSSR count). The standard InChI is InChI=1S/C20H33NO2Si/c1-19(2,3)24(5,6)23-14-20(22)13-17-11-15-9-7-8-10-16(15)12-18(17)21(20)4/h11-12,22H,7-10,13-14H2,1-6H3. The predicted octanol–water partition coefficient (Wildman–Crippen LogP) is 4.27. The van der Waals surface area contributed by atoms with E-state index in [2.05, 4.69) is 46.0 Å². The number of benzene rings is 1. The normalized spacial score (nSPS) is 24.0. The third kappa shape index (κ3) is 3.04. The van der Waals surface area contributed by atoms with Crippen molar-refractivity contribution in [1.82, 2.24) is 0 Å². The molecule has 134 valence electrons. The largest absolute Gasteiger partial charge is 0.412 e. The summed E-state index contributed by atoms with van der Waals surface area (Å²) in [7, 11) is 0.145. The Morgan fingerprint density at radius 1 is 1.12 bits per heavy atom. The molecule has 1 aliphatic heterocycles. The van der Waals surface area contributed by atoms with Crippen LogP contribution in [0.3, 0.4) is 0 Å². The molecule has 0 radical (unpaired) electrons. The molecule has 1 aromatic carbocycles. The van der Waals surface area contributed by atoms with E-state index >= 15 is 0 Å². The number of likely N-dealkylation sites (N-methyl/N-ethyl adjacent to an activating group) is 1. The maximum atomic E-state index is 11.3. The molecule has 1 aliphatic carbocycles. The second kappa shape index (κ2) is 5.86. The number of aryl methyl sites for hydroxylation is 2. The smallest absolute Gasteiger partial charge is 0.192 e. The van der Waals surface area contributed by atoms with Crippen LogP contribution in [0.2, 0.25) is 18.1 Å². The van der Waals surface area contributed by atoms with E-state index in [9.17, 15) is 5.11 Å². The van der Waals surface area contributed by atoms with Crippen molar-refractivity contribution in [2.45, 2.75) is 76.7 Å². The van der Waals surface area contributed by atoms with E-state index in [4.69, 9.17) is 4.43 Å². The minimum atomic E-state index is -1.86. The summed E-state index contributed by atoms with van der Waals surface area (Å²) in [4.78, 5) is 2.05. The van der Waals surface area contributed by atoms with Crippen LogP contribution in [0.1, 0.15) is 50.3 Å². The van der Waals surface area contributed by atoms with Crippen molar-refractivity contribution in [1.29, 1.82) is 0 Å². The Balaban J connectivity index is 1.80. The molecular formula is C20H33NO2Si. The topological polar surface area (TPSA) is 32.7 Å². The van der Waals surface area contributed by atoms with Crippen molar-refractivity contribution in [3.8, 4) is 0 Å². The lowest BCUT2D eigenvalue weighted by Gasteiger charge is -2.40. The number of rotatable bonds is 3. The molecule has 2 aliphatic rings. The van der Waals surface area contributed by atoms with E-state index in [-0.39, 0.29) is 5.04 Å². The van der Waals surface area contributed by atoms with Gasteiger partial charge in [-0.25, -0.2) is 0 Å². The lowest BCUT2D eigenvalue weighted by Crippen LogP contribution is -2.52. The SMILES string of the molecule is CN1c2cc3c(cc2CC1(O)CO[Si](C)(C)C(C)(C)C)CCCC3. The molecule has 4 heteroatoms. The summed E-state index contributed by atoms with van der Waals surface area (Å²) in [5.41, 5.74) is 4.52. The molecule has 1 aromatic rings. The monoisotopic (exact) mass is 347 g/mol. The Kier molecular flexibility index (Phi) is 4.38. The summed E-state index contributed by atoms with van der Waals surface area (Å²) in [6, 6.07) is 4.65. The van der Waals surface area contributed by atoms with Gasteiger partial charge in [-0.15, -0.1) is 0 Å². The quantitative estimate of drug-likeness (QED) is 0.829. The Bertz CT molecular complexity index is 635. The van der Waals surface area contributed by atoms with Gasteiger partial charge in [0.2, 0.25) is 0 Å². The number of hydrogen-bond donors (Lipinski definition) is 1. The van der Waals surface area contributed by atoms with Gasteiger partial charge >= 0.3 is 0 Å². The summed E-state index contributed by atoms with van der Waals surface area (Å²) in [5, 5.41) is 11.4. The van der Waals surface area contributed by atoms with Crippen LogP contribution in [0.15, 0.2) is 12.1 Å². The molecule has 0 aromatic heterocycles. The highest BCUT2D eigenvalue weighted by Gasteiger charge is 2.44. The second-order valence-electron chi connectivity index (χ2n) is 9.22. The van der Waals surface area contributed by atoms with Gasteiger partial charge in [-0.1, -0.05) is 26.8 Å². The highest BCUT2D eigenvalue weighted by atomic mass is 28.4. The average Bonchev–Trinajstić information content (AvgIpc) is 2.74. The molecule has 1 atom stereocenters. The zero-order valence-electron chi connectivity index (χ0n) is 16.2. The Morgan fingerprint density at radius 3 is 2.29 bits per heavy atom. The molecular weight excluding hydrogens is 314 g/mol. The summed E-state index contributed by atoms with van der Waals surface area (Å²) in [5.74, 6) is 0. The van der Waals surface area contributed by atoms with Gasteiger partial charge in [0.15, 0.2) is 14.0 Å². The molecule has 1 N–H and O–H groups in total. The highest BCUT2D eigenvalue weighted by Crippen LogP contribution is 2.42. The summed E-state index contributed by atoms with van der Waals surface area (Å²) < 4.78 is 6.36. The summed E-state index contributed by atoms with van der Waals surface area (Å²) >= 11 is 0. The van der Waals surface area contributed by atoms with Crippen LogP contribution in [0.5, 0.6) is 0 Å². The number of hydrogen-bond acceptors (Lipinski definition) is 3. The van der Waals surface area contributed by atoms with Crippen LogP contribution in [0.25, 0.3) is 0 Å². The van der Waals surface area contributed by atoms with E-state index < -0.39 is 14.0 Å². The molecule has 0 fully saturated rings. The number of nitrogens with zero attached hydrogens (tertiary/aromatic N) is 1. The molecule has 0 saturated carbocycles. The second-order valence-corrected chi connectivity index (χ2v) is 14.0. The molecule has 0 spiro atoms. The highest BCUT2D eigenvalue weighted by molar-refractivity contribution is 6.74. The molecule has 0 saturated heterocycles. The molecule has 0 amide bonds. The van der Waals surface area contributed by atoms with E-state index in [1.807, 2.05) is 11.9 Å². The first-order chi connectivity index (χ1) is 11.0. The van der Waals surface area contributed by atoms with Crippen molar-refractivity contribution in [2.24, 2.45) is 0 Å². The fourth-order valence-corrected chi connectivity index (χ4v) is 4.61. The number of aliphatic hydroxyl groups is 1. The molecule has 1 unspecified atom stereocenters. The molecule has 24 heavy (non-hydrogen) atoms. The van der Waals surface area contributed by atoms with Gasteiger partial charge in [0.1, 0.15) is 0 Å². The van der Waals surface area contributed by atoms with Crippen LogP contribution in [-0.2, 0) is 23.7 Å². The van der Waals surface area contributed by atoms with Crippen LogP contribution in [0.4, 0.5) is 5.69 Å². The van der Waals surface area contributed by atoms with Gasteiger partial charge < -0.3 is 14.4 Å².